The highest BCUT2D eigenvalue weighted by Crippen LogP contribution is 2.36. The number of aromatic nitrogens is 1. The average molecular weight is 471 g/mol. The van der Waals surface area contributed by atoms with Gasteiger partial charge in [0.1, 0.15) is 27.6 Å². The van der Waals surface area contributed by atoms with Gasteiger partial charge >= 0.3 is 0 Å². The first kappa shape index (κ1) is 23.7. The van der Waals surface area contributed by atoms with E-state index in [1.165, 1.54) is 28.5 Å². The van der Waals surface area contributed by atoms with Crippen LogP contribution in [0, 0.1) is 24.1 Å². The molecule has 0 bridgehead atoms. The lowest BCUT2D eigenvalue weighted by atomic mass is 10.0. The summed E-state index contributed by atoms with van der Waals surface area (Å²) in [5.41, 5.74) is 1.51. The number of rotatable bonds is 6. The molecule has 9 heteroatoms. The van der Waals surface area contributed by atoms with E-state index in [0.717, 1.165) is 5.56 Å². The molecule has 1 aromatic heterocycles. The van der Waals surface area contributed by atoms with Gasteiger partial charge in [-0.2, -0.15) is 5.26 Å². The summed E-state index contributed by atoms with van der Waals surface area (Å²) in [7, 11) is 0. The fourth-order valence-corrected chi connectivity index (χ4v) is 5.01. The first-order valence-corrected chi connectivity index (χ1v) is 11.3. The van der Waals surface area contributed by atoms with Crippen LogP contribution >= 0.6 is 24.0 Å². The van der Waals surface area contributed by atoms with Crippen molar-refractivity contribution in [2.24, 2.45) is 0 Å². The Kier molecular flexibility index (Phi) is 7.16. The number of thioether (sulfide) groups is 1. The lowest BCUT2D eigenvalue weighted by molar-refractivity contribution is -0.123. The maximum absolute atomic E-state index is 13.3. The quantitative estimate of drug-likeness (QED) is 0.498. The number of nitriles is 1. The van der Waals surface area contributed by atoms with Crippen LogP contribution in [0.3, 0.4) is 0 Å². The molecule has 1 fully saturated rings. The number of benzene rings is 1. The van der Waals surface area contributed by atoms with E-state index in [2.05, 4.69) is 5.32 Å². The number of hydrogen-bond donors (Lipinski definition) is 1. The topological polar surface area (TPSA) is 78.1 Å². The third-order valence-electron chi connectivity index (χ3n) is 5.18. The predicted molar refractivity (Wildman–Crippen MR) is 130 cm³/mol. The molecule has 0 unspecified atom stereocenters. The van der Waals surface area contributed by atoms with E-state index >= 15 is 0 Å². The Morgan fingerprint density at radius 1 is 1.28 bits per heavy atom. The van der Waals surface area contributed by atoms with Gasteiger partial charge in [0.25, 0.3) is 11.5 Å². The maximum atomic E-state index is 13.3. The number of pyridine rings is 1. The molecule has 0 atom stereocenters. The first-order chi connectivity index (χ1) is 15.2. The van der Waals surface area contributed by atoms with Gasteiger partial charge in [-0.25, -0.2) is 4.39 Å². The van der Waals surface area contributed by atoms with Crippen LogP contribution in [0.1, 0.15) is 43.0 Å². The lowest BCUT2D eigenvalue weighted by Crippen LogP contribution is -2.34. The molecule has 1 saturated heterocycles. The third-order valence-corrected chi connectivity index (χ3v) is 6.51. The Morgan fingerprint density at radius 3 is 2.47 bits per heavy atom. The fraction of sp³-hybridized carbons (Fsp3) is 0.304. The van der Waals surface area contributed by atoms with E-state index in [4.69, 9.17) is 12.2 Å². The molecule has 2 aromatic rings. The average Bonchev–Trinajstić information content (AvgIpc) is 3.03. The smallest absolute Gasteiger partial charge is 0.270 e. The second-order valence-electron chi connectivity index (χ2n) is 7.55. The van der Waals surface area contributed by atoms with Crippen molar-refractivity contribution in [3.63, 3.8) is 0 Å². The van der Waals surface area contributed by atoms with Gasteiger partial charge in [0.2, 0.25) is 0 Å². The van der Waals surface area contributed by atoms with Gasteiger partial charge < -0.3 is 5.32 Å². The van der Waals surface area contributed by atoms with Crippen molar-refractivity contribution in [1.82, 2.24) is 9.47 Å². The van der Waals surface area contributed by atoms with E-state index in [1.807, 2.05) is 26.8 Å². The maximum Gasteiger partial charge on any atom is 0.270 e. The van der Waals surface area contributed by atoms with Gasteiger partial charge in [-0.15, -0.1) is 0 Å². The highest BCUT2D eigenvalue weighted by atomic mass is 32.2. The molecule has 2 heterocycles. The van der Waals surface area contributed by atoms with E-state index in [-0.39, 0.29) is 23.3 Å². The minimum atomic E-state index is -0.402. The number of nitrogens with zero attached hydrogens (tertiary/aromatic N) is 3. The minimum Gasteiger partial charge on any atom is -0.367 e. The fourth-order valence-electron chi connectivity index (χ4n) is 3.50. The number of thiocarbonyl (C=S) groups is 1. The number of amides is 1. The summed E-state index contributed by atoms with van der Waals surface area (Å²) in [4.78, 5) is 27.8. The number of halogens is 1. The SMILES string of the molecule is CCn1c(NCc2ccc(F)cc2)c(/C=C2/SC(=S)N(C(C)C)C2=O)c(C)c(C#N)c1=O. The molecule has 6 nitrogen and oxygen atoms in total. The summed E-state index contributed by atoms with van der Waals surface area (Å²) in [5, 5.41) is 12.9. The molecule has 1 aromatic carbocycles. The van der Waals surface area contributed by atoms with E-state index in [9.17, 15) is 19.2 Å². The molecule has 0 radical (unpaired) electrons. The molecule has 1 N–H and O–H groups in total. The molecule has 1 amide bonds. The van der Waals surface area contributed by atoms with Crippen LogP contribution in [0.15, 0.2) is 34.0 Å². The van der Waals surface area contributed by atoms with Crippen molar-refractivity contribution in [1.29, 1.82) is 5.26 Å². The Hall–Kier alpha value is -2.96. The van der Waals surface area contributed by atoms with E-state index in [0.29, 0.717) is 39.3 Å². The van der Waals surface area contributed by atoms with Gasteiger partial charge in [-0.05, 0) is 57.0 Å². The Bertz CT molecular complexity index is 1210. The number of hydrogen-bond acceptors (Lipinski definition) is 6. The molecule has 32 heavy (non-hydrogen) atoms. The van der Waals surface area contributed by atoms with Crippen molar-refractivity contribution in [2.75, 3.05) is 5.32 Å². The van der Waals surface area contributed by atoms with Gasteiger partial charge in [-0.3, -0.25) is 19.1 Å². The van der Waals surface area contributed by atoms with Crippen LogP contribution in [0.2, 0.25) is 0 Å². The normalized spacial score (nSPS) is 15.0. The van der Waals surface area contributed by atoms with Crippen LogP contribution in [0.5, 0.6) is 0 Å². The van der Waals surface area contributed by atoms with Crippen LogP contribution in [0.4, 0.5) is 10.2 Å². The van der Waals surface area contributed by atoms with Crippen molar-refractivity contribution in [2.45, 2.75) is 46.8 Å². The second kappa shape index (κ2) is 9.67. The molecule has 1 aliphatic heterocycles. The zero-order chi connectivity index (χ0) is 23.6. The standard InChI is InChI=1S/C23H23FN4O2S2/c1-5-27-20(26-12-15-6-8-16(24)9-7-15)17(14(4)18(11-25)21(27)29)10-19-22(30)28(13(2)3)23(31)32-19/h6-10,13,26H,5,12H2,1-4H3/b19-10+. The second-order valence-corrected chi connectivity index (χ2v) is 9.22. The van der Waals surface area contributed by atoms with Crippen molar-refractivity contribution >= 4 is 46.1 Å². The monoisotopic (exact) mass is 470 g/mol. The van der Waals surface area contributed by atoms with Crippen molar-refractivity contribution in [3.8, 4) is 6.07 Å². The number of carbonyl (C=O) groups excluding carboxylic acids is 1. The van der Waals surface area contributed by atoms with Crippen LogP contribution in [0.25, 0.3) is 6.08 Å². The van der Waals surface area contributed by atoms with Gasteiger partial charge in [0.15, 0.2) is 0 Å². The van der Waals surface area contributed by atoms with Crippen LogP contribution < -0.4 is 10.9 Å². The molecule has 0 aliphatic carbocycles. The zero-order valence-electron chi connectivity index (χ0n) is 18.2. The summed E-state index contributed by atoms with van der Waals surface area (Å²) in [5.74, 6) is -0.0407. The summed E-state index contributed by atoms with van der Waals surface area (Å²) >= 11 is 6.57. The third kappa shape index (κ3) is 4.47. The molecule has 166 valence electrons. The number of nitrogens with one attached hydrogen (secondary N) is 1. The van der Waals surface area contributed by atoms with Crippen LogP contribution in [-0.4, -0.2) is 25.7 Å². The lowest BCUT2D eigenvalue weighted by Gasteiger charge is -2.20. The molecule has 1 aliphatic rings. The zero-order valence-corrected chi connectivity index (χ0v) is 19.9. The largest absolute Gasteiger partial charge is 0.367 e. The molecular formula is C23H23FN4O2S2. The van der Waals surface area contributed by atoms with Crippen molar-refractivity contribution in [3.05, 3.63) is 67.6 Å². The summed E-state index contributed by atoms with van der Waals surface area (Å²) in [6.45, 7) is 7.94. The van der Waals surface area contributed by atoms with Gasteiger partial charge in [0.05, 0.1) is 4.91 Å². The molecular weight excluding hydrogens is 447 g/mol. The molecule has 0 saturated carbocycles. The minimum absolute atomic E-state index is 0.0322. The van der Waals surface area contributed by atoms with Gasteiger partial charge in [-0.1, -0.05) is 36.1 Å². The van der Waals surface area contributed by atoms with E-state index in [1.54, 1.807) is 30.0 Å². The highest BCUT2D eigenvalue weighted by Gasteiger charge is 2.34. The number of anilines is 1. The van der Waals surface area contributed by atoms with Crippen LogP contribution in [-0.2, 0) is 17.9 Å². The van der Waals surface area contributed by atoms with E-state index < -0.39 is 5.56 Å². The number of carbonyl (C=O) groups is 1. The predicted octanol–water partition coefficient (Wildman–Crippen LogP) is 4.41. The molecule has 3 rings (SSSR count). The Morgan fingerprint density at radius 2 is 1.94 bits per heavy atom. The summed E-state index contributed by atoms with van der Waals surface area (Å²) in [6.07, 6.45) is 1.69. The summed E-state index contributed by atoms with van der Waals surface area (Å²) in [6, 6.07) is 7.96. The van der Waals surface area contributed by atoms with Gasteiger partial charge in [0, 0.05) is 24.7 Å². The Balaban J connectivity index is 2.14. The highest BCUT2D eigenvalue weighted by molar-refractivity contribution is 8.26. The molecule has 0 spiro atoms. The first-order valence-electron chi connectivity index (χ1n) is 10.1. The Labute approximate surface area is 195 Å². The summed E-state index contributed by atoms with van der Waals surface area (Å²) < 4.78 is 15.2. The van der Waals surface area contributed by atoms with Crippen molar-refractivity contribution < 1.29 is 9.18 Å².